The molecule has 2 atom stereocenters. The predicted molar refractivity (Wildman–Crippen MR) is 75.6 cm³/mol. The highest BCUT2D eigenvalue weighted by Crippen LogP contribution is 2.54. The monoisotopic (exact) mass is 308 g/mol. The second-order valence-corrected chi connectivity index (χ2v) is 5.72. The number of fused-ring (bicyclic) bond motifs is 1. The molecule has 0 spiro atoms. The molecule has 21 heavy (non-hydrogen) atoms. The maximum atomic E-state index is 12.5. The van der Waals surface area contributed by atoms with E-state index in [1.807, 2.05) is 0 Å². The molecule has 1 aromatic heterocycles. The second kappa shape index (κ2) is 4.86. The normalized spacial score (nSPS) is 24.2. The van der Waals surface area contributed by atoms with Gasteiger partial charge in [0.25, 0.3) is 0 Å². The summed E-state index contributed by atoms with van der Waals surface area (Å²) in [4.78, 5) is 23.9. The largest absolute Gasteiger partial charge is 0.481 e. The first-order chi connectivity index (χ1) is 9.99. The first-order valence-electron chi connectivity index (χ1n) is 6.43. The van der Waals surface area contributed by atoms with E-state index in [0.717, 1.165) is 5.39 Å². The Bertz CT molecular complexity index is 735. The first kappa shape index (κ1) is 14.1. The van der Waals surface area contributed by atoms with Gasteiger partial charge in [0, 0.05) is 24.0 Å². The molecule has 1 N–H and O–H groups in total. The number of carboxylic acids is 1. The van der Waals surface area contributed by atoms with Gasteiger partial charge in [0.2, 0.25) is 0 Å². The molecule has 3 rings (SSSR count). The number of methoxy groups -OCH3 is 1. The zero-order valence-corrected chi connectivity index (χ0v) is 12.0. The molecular weight excluding hydrogens is 296 g/mol. The fourth-order valence-corrected chi connectivity index (χ4v) is 3.02. The summed E-state index contributed by atoms with van der Waals surface area (Å²) in [5.74, 6) is -1.80. The van der Waals surface area contributed by atoms with Gasteiger partial charge in [0.1, 0.15) is 5.41 Å². The van der Waals surface area contributed by atoms with Crippen LogP contribution in [0.3, 0.4) is 0 Å². The Labute approximate surface area is 125 Å². The second-order valence-electron chi connectivity index (χ2n) is 5.31. The summed E-state index contributed by atoms with van der Waals surface area (Å²) in [7, 11) is 1.43. The maximum Gasteiger partial charge on any atom is 0.312 e. The van der Waals surface area contributed by atoms with Crippen molar-refractivity contribution in [2.45, 2.75) is 6.42 Å². The van der Waals surface area contributed by atoms with Crippen molar-refractivity contribution in [3.8, 4) is 0 Å². The van der Waals surface area contributed by atoms with Crippen LogP contribution in [0.4, 0.5) is 0 Å². The molecule has 1 heterocycles. The molecule has 0 saturated heterocycles. The number of furan rings is 1. The van der Waals surface area contributed by atoms with Gasteiger partial charge in [0.15, 0.2) is 11.4 Å². The van der Waals surface area contributed by atoms with Crippen LogP contribution in [0.5, 0.6) is 0 Å². The minimum atomic E-state index is -1.11. The standard InChI is InChI=1S/C15H13ClO5/c1-20-7-15(14(18)19)6-10(15)12(17)9-4-8-2-3-21-13(8)11(16)5-9/h2-5,10H,6-7H2,1H3,(H,18,19)/t10-,15-/m1/s1. The van der Waals surface area contributed by atoms with Crippen LogP contribution in [-0.2, 0) is 9.53 Å². The van der Waals surface area contributed by atoms with E-state index < -0.39 is 17.3 Å². The smallest absolute Gasteiger partial charge is 0.312 e. The third-order valence-corrected chi connectivity index (χ3v) is 4.29. The topological polar surface area (TPSA) is 76.7 Å². The van der Waals surface area contributed by atoms with E-state index in [1.54, 1.807) is 12.1 Å². The van der Waals surface area contributed by atoms with E-state index in [1.165, 1.54) is 19.4 Å². The van der Waals surface area contributed by atoms with Crippen LogP contribution in [0.2, 0.25) is 5.02 Å². The van der Waals surface area contributed by atoms with Gasteiger partial charge < -0.3 is 14.3 Å². The van der Waals surface area contributed by atoms with Crippen LogP contribution in [0.1, 0.15) is 16.8 Å². The molecule has 0 aliphatic heterocycles. The average Bonchev–Trinajstić information content (AvgIpc) is 2.97. The van der Waals surface area contributed by atoms with E-state index in [2.05, 4.69) is 0 Å². The van der Waals surface area contributed by atoms with Crippen molar-refractivity contribution in [2.75, 3.05) is 13.7 Å². The Kier molecular flexibility index (Phi) is 3.26. The van der Waals surface area contributed by atoms with Crippen molar-refractivity contribution in [2.24, 2.45) is 11.3 Å². The Morgan fingerprint density at radius 1 is 1.52 bits per heavy atom. The third-order valence-electron chi connectivity index (χ3n) is 4.01. The van der Waals surface area contributed by atoms with E-state index in [4.69, 9.17) is 20.8 Å². The van der Waals surface area contributed by atoms with E-state index >= 15 is 0 Å². The van der Waals surface area contributed by atoms with Crippen LogP contribution in [0, 0.1) is 11.3 Å². The van der Waals surface area contributed by atoms with Crippen molar-refractivity contribution < 1.29 is 23.8 Å². The zero-order chi connectivity index (χ0) is 15.2. The maximum absolute atomic E-state index is 12.5. The van der Waals surface area contributed by atoms with Crippen LogP contribution in [0.25, 0.3) is 11.0 Å². The number of carbonyl (C=O) groups excluding carboxylic acids is 1. The predicted octanol–water partition coefficient (Wildman–Crippen LogP) is 3.01. The quantitative estimate of drug-likeness (QED) is 0.859. The Morgan fingerprint density at radius 3 is 2.95 bits per heavy atom. The lowest BCUT2D eigenvalue weighted by molar-refractivity contribution is -0.146. The minimum absolute atomic E-state index is 0.0282. The van der Waals surface area contributed by atoms with Crippen molar-refractivity contribution in [1.29, 1.82) is 0 Å². The lowest BCUT2D eigenvalue weighted by Crippen LogP contribution is -2.25. The Balaban J connectivity index is 1.93. The molecular formula is C15H13ClO5. The van der Waals surface area contributed by atoms with Crippen molar-refractivity contribution in [3.05, 3.63) is 35.0 Å². The van der Waals surface area contributed by atoms with Crippen molar-refractivity contribution >= 4 is 34.3 Å². The number of hydrogen-bond donors (Lipinski definition) is 1. The molecule has 1 aromatic carbocycles. The molecule has 0 radical (unpaired) electrons. The van der Waals surface area contributed by atoms with E-state index in [9.17, 15) is 14.7 Å². The molecule has 2 aromatic rings. The molecule has 1 aliphatic carbocycles. The van der Waals surface area contributed by atoms with Gasteiger partial charge in [-0.2, -0.15) is 0 Å². The van der Waals surface area contributed by atoms with Crippen LogP contribution < -0.4 is 0 Å². The number of aliphatic carboxylic acids is 1. The molecule has 6 heteroatoms. The fraction of sp³-hybridized carbons (Fsp3) is 0.333. The van der Waals surface area contributed by atoms with Gasteiger partial charge >= 0.3 is 5.97 Å². The summed E-state index contributed by atoms with van der Waals surface area (Å²) in [6.45, 7) is 0.0282. The molecule has 5 nitrogen and oxygen atoms in total. The molecule has 0 bridgehead atoms. The fourth-order valence-electron chi connectivity index (χ4n) is 2.75. The highest BCUT2D eigenvalue weighted by molar-refractivity contribution is 6.35. The van der Waals surface area contributed by atoms with Crippen LogP contribution in [-0.4, -0.2) is 30.6 Å². The zero-order valence-electron chi connectivity index (χ0n) is 11.3. The van der Waals surface area contributed by atoms with Gasteiger partial charge in [0.05, 0.1) is 17.9 Å². The number of carboxylic acid groups (broad SMARTS) is 1. The van der Waals surface area contributed by atoms with Crippen LogP contribution >= 0.6 is 11.6 Å². The highest BCUT2D eigenvalue weighted by atomic mass is 35.5. The number of carbonyl (C=O) groups is 2. The van der Waals surface area contributed by atoms with Crippen molar-refractivity contribution in [3.63, 3.8) is 0 Å². The number of Topliss-reactive ketones (excluding diaryl/α,β-unsaturated/α-hetero) is 1. The van der Waals surface area contributed by atoms with Gasteiger partial charge in [-0.25, -0.2) is 0 Å². The van der Waals surface area contributed by atoms with E-state index in [0.29, 0.717) is 16.2 Å². The Hall–Kier alpha value is -1.85. The van der Waals surface area contributed by atoms with E-state index in [-0.39, 0.29) is 18.8 Å². The van der Waals surface area contributed by atoms with Gasteiger partial charge in [-0.1, -0.05) is 11.6 Å². The summed E-state index contributed by atoms with van der Waals surface area (Å²) < 4.78 is 10.2. The van der Waals surface area contributed by atoms with Gasteiger partial charge in [-0.05, 0) is 24.6 Å². The lowest BCUT2D eigenvalue weighted by atomic mass is 9.98. The van der Waals surface area contributed by atoms with Crippen molar-refractivity contribution in [1.82, 2.24) is 0 Å². The number of rotatable bonds is 5. The summed E-state index contributed by atoms with van der Waals surface area (Å²) in [6, 6.07) is 4.91. The summed E-state index contributed by atoms with van der Waals surface area (Å²) in [5, 5.41) is 10.4. The molecule has 0 unspecified atom stereocenters. The first-order valence-corrected chi connectivity index (χ1v) is 6.80. The number of ketones is 1. The third kappa shape index (κ3) is 2.13. The number of hydrogen-bond acceptors (Lipinski definition) is 4. The summed E-state index contributed by atoms with van der Waals surface area (Å²) in [5.41, 5.74) is -0.188. The number of benzene rings is 1. The Morgan fingerprint density at radius 2 is 2.29 bits per heavy atom. The molecule has 110 valence electrons. The minimum Gasteiger partial charge on any atom is -0.481 e. The average molecular weight is 309 g/mol. The summed E-state index contributed by atoms with van der Waals surface area (Å²) >= 11 is 6.08. The number of halogens is 1. The summed E-state index contributed by atoms with van der Waals surface area (Å²) in [6.07, 6.45) is 1.78. The van der Waals surface area contributed by atoms with Gasteiger partial charge in [-0.3, -0.25) is 9.59 Å². The number of ether oxygens (including phenoxy) is 1. The molecule has 1 aliphatic rings. The molecule has 1 saturated carbocycles. The lowest BCUT2D eigenvalue weighted by Gasteiger charge is -2.10. The van der Waals surface area contributed by atoms with Crippen LogP contribution in [0.15, 0.2) is 28.9 Å². The SMILES string of the molecule is COC[C@]1(C(=O)O)C[C@@H]1C(=O)c1cc(Cl)c2occc2c1. The van der Waals surface area contributed by atoms with Gasteiger partial charge in [-0.15, -0.1) is 0 Å². The highest BCUT2D eigenvalue weighted by Gasteiger charge is 2.64. The molecule has 0 amide bonds. The molecule has 1 fully saturated rings.